The molecule has 0 bridgehead atoms. The molecule has 0 amide bonds. The lowest BCUT2D eigenvalue weighted by molar-refractivity contribution is -0.384. The highest BCUT2D eigenvalue weighted by molar-refractivity contribution is 9.10. The highest BCUT2D eigenvalue weighted by Gasteiger charge is 2.20. The summed E-state index contributed by atoms with van der Waals surface area (Å²) in [6.07, 6.45) is 1.10. The van der Waals surface area contributed by atoms with Crippen LogP contribution in [0.4, 0.5) is 11.4 Å². The van der Waals surface area contributed by atoms with Gasteiger partial charge in [0.05, 0.1) is 4.92 Å². The molecule has 1 unspecified atom stereocenters. The minimum atomic E-state index is -0.391. The maximum absolute atomic E-state index is 10.6. The molecule has 1 saturated heterocycles. The van der Waals surface area contributed by atoms with Crippen LogP contribution in [0, 0.1) is 10.1 Å². The number of benzene rings is 1. The molecule has 1 aromatic rings. The molecule has 0 spiro atoms. The van der Waals surface area contributed by atoms with E-state index in [-0.39, 0.29) is 5.69 Å². The van der Waals surface area contributed by atoms with Crippen molar-refractivity contribution < 1.29 is 4.92 Å². The minimum Gasteiger partial charge on any atom is -0.380 e. The number of likely N-dealkylation sites (tertiary alicyclic amines) is 1. The van der Waals surface area contributed by atoms with Gasteiger partial charge in [-0.2, -0.15) is 0 Å². The summed E-state index contributed by atoms with van der Waals surface area (Å²) in [5.74, 6) is 0. The average Bonchev–Trinajstić information content (AvgIpc) is 2.67. The minimum absolute atomic E-state index is 0.103. The van der Waals surface area contributed by atoms with Crippen LogP contribution in [0.2, 0.25) is 0 Å². The zero-order valence-corrected chi connectivity index (χ0v) is 11.1. The molecule has 1 atom stereocenters. The van der Waals surface area contributed by atoms with Crippen molar-refractivity contribution in [2.75, 3.05) is 25.5 Å². The Morgan fingerprint density at radius 2 is 2.35 bits per heavy atom. The first-order valence-corrected chi connectivity index (χ1v) is 6.24. The molecule has 0 aromatic heterocycles. The molecule has 1 aliphatic heterocycles. The second-order valence-electron chi connectivity index (χ2n) is 4.31. The van der Waals surface area contributed by atoms with Crippen molar-refractivity contribution in [1.82, 2.24) is 4.90 Å². The van der Waals surface area contributed by atoms with Gasteiger partial charge in [-0.05, 0) is 42.0 Å². The fourth-order valence-electron chi connectivity index (χ4n) is 2.01. The normalized spacial score (nSPS) is 20.5. The Morgan fingerprint density at radius 3 is 2.88 bits per heavy atom. The molecule has 1 heterocycles. The topological polar surface area (TPSA) is 58.4 Å². The zero-order chi connectivity index (χ0) is 12.4. The lowest BCUT2D eigenvalue weighted by atomic mass is 10.2. The van der Waals surface area contributed by atoms with Gasteiger partial charge in [0.2, 0.25) is 0 Å². The third kappa shape index (κ3) is 2.95. The Bertz CT molecular complexity index is 439. The van der Waals surface area contributed by atoms with Gasteiger partial charge in [-0.1, -0.05) is 0 Å². The second-order valence-corrected chi connectivity index (χ2v) is 5.17. The number of anilines is 1. The number of hydrogen-bond donors (Lipinski definition) is 1. The molecule has 0 saturated carbocycles. The van der Waals surface area contributed by atoms with Crippen LogP contribution in [0.3, 0.4) is 0 Å². The van der Waals surface area contributed by atoms with Gasteiger partial charge in [-0.25, -0.2) is 0 Å². The number of hydrogen-bond acceptors (Lipinski definition) is 4. The largest absolute Gasteiger partial charge is 0.380 e. The Hall–Kier alpha value is -1.14. The molecule has 2 rings (SSSR count). The predicted molar refractivity (Wildman–Crippen MR) is 70.3 cm³/mol. The van der Waals surface area contributed by atoms with E-state index in [1.165, 1.54) is 12.1 Å². The zero-order valence-electron chi connectivity index (χ0n) is 9.52. The van der Waals surface area contributed by atoms with Gasteiger partial charge in [0.1, 0.15) is 0 Å². The number of rotatable bonds is 3. The number of halogens is 1. The van der Waals surface area contributed by atoms with Gasteiger partial charge >= 0.3 is 0 Å². The van der Waals surface area contributed by atoms with E-state index in [0.29, 0.717) is 6.04 Å². The molecule has 1 N–H and O–H groups in total. The number of nitrogens with one attached hydrogen (secondary N) is 1. The fraction of sp³-hybridized carbons (Fsp3) is 0.455. The summed E-state index contributed by atoms with van der Waals surface area (Å²) in [5.41, 5.74) is 1.02. The molecular formula is C11H14BrN3O2. The van der Waals surface area contributed by atoms with E-state index in [0.717, 1.165) is 29.7 Å². The van der Waals surface area contributed by atoms with Crippen molar-refractivity contribution in [3.63, 3.8) is 0 Å². The van der Waals surface area contributed by atoms with Crippen LogP contribution in [0.15, 0.2) is 22.7 Å². The maximum atomic E-state index is 10.6. The molecule has 1 aliphatic rings. The van der Waals surface area contributed by atoms with E-state index in [4.69, 9.17) is 0 Å². The number of nitro benzene ring substituents is 1. The van der Waals surface area contributed by atoms with Crippen molar-refractivity contribution in [1.29, 1.82) is 0 Å². The van der Waals surface area contributed by atoms with Crippen molar-refractivity contribution in [3.05, 3.63) is 32.8 Å². The predicted octanol–water partition coefficient (Wildman–Crippen LogP) is 2.47. The second kappa shape index (κ2) is 5.01. The van der Waals surface area contributed by atoms with Gasteiger partial charge in [0.25, 0.3) is 5.69 Å². The quantitative estimate of drug-likeness (QED) is 0.688. The fourth-order valence-corrected chi connectivity index (χ4v) is 2.49. The molecule has 5 nitrogen and oxygen atoms in total. The van der Waals surface area contributed by atoms with Crippen LogP contribution in [0.1, 0.15) is 6.42 Å². The van der Waals surface area contributed by atoms with Crippen molar-refractivity contribution in [2.45, 2.75) is 12.5 Å². The summed E-state index contributed by atoms with van der Waals surface area (Å²) in [5, 5.41) is 14.0. The lowest BCUT2D eigenvalue weighted by Gasteiger charge is -2.15. The molecule has 0 aliphatic carbocycles. The first-order valence-electron chi connectivity index (χ1n) is 5.45. The van der Waals surface area contributed by atoms with Crippen LogP contribution < -0.4 is 5.32 Å². The highest BCUT2D eigenvalue weighted by atomic mass is 79.9. The number of nitro groups is 1. The SMILES string of the molecule is CN1CCC(Nc2ccc([N+](=O)[O-])cc2Br)C1. The Balaban J connectivity index is 2.09. The van der Waals surface area contributed by atoms with E-state index in [9.17, 15) is 10.1 Å². The van der Waals surface area contributed by atoms with Crippen molar-refractivity contribution >= 4 is 27.3 Å². The highest BCUT2D eigenvalue weighted by Crippen LogP contribution is 2.28. The Morgan fingerprint density at radius 1 is 1.59 bits per heavy atom. The molecular weight excluding hydrogens is 286 g/mol. The van der Waals surface area contributed by atoms with E-state index >= 15 is 0 Å². The van der Waals surface area contributed by atoms with Crippen LogP contribution >= 0.6 is 15.9 Å². The molecule has 17 heavy (non-hydrogen) atoms. The van der Waals surface area contributed by atoms with Crippen LogP contribution in [0.25, 0.3) is 0 Å². The Labute approximate surface area is 108 Å². The van der Waals surface area contributed by atoms with Gasteiger partial charge in [0.15, 0.2) is 0 Å². The summed E-state index contributed by atoms with van der Waals surface area (Å²) < 4.78 is 0.737. The van der Waals surface area contributed by atoms with Crippen LogP contribution in [-0.2, 0) is 0 Å². The number of non-ortho nitro benzene ring substituents is 1. The van der Waals surface area contributed by atoms with E-state index in [2.05, 4.69) is 33.2 Å². The standard InChI is InChI=1S/C11H14BrN3O2/c1-14-5-4-8(7-14)13-11-3-2-9(15(16)17)6-10(11)12/h2-3,6,8,13H,4-5,7H2,1H3. The first kappa shape index (κ1) is 12.3. The Kier molecular flexibility index (Phi) is 3.63. The maximum Gasteiger partial charge on any atom is 0.270 e. The smallest absolute Gasteiger partial charge is 0.270 e. The first-order chi connectivity index (χ1) is 8.06. The molecule has 1 fully saturated rings. The van der Waals surface area contributed by atoms with Crippen LogP contribution in [0.5, 0.6) is 0 Å². The summed E-state index contributed by atoms with van der Waals surface area (Å²) >= 11 is 3.36. The van der Waals surface area contributed by atoms with Gasteiger partial charge in [-0.15, -0.1) is 0 Å². The van der Waals surface area contributed by atoms with E-state index in [1.54, 1.807) is 6.07 Å². The van der Waals surface area contributed by atoms with E-state index < -0.39 is 4.92 Å². The number of likely N-dealkylation sites (N-methyl/N-ethyl adjacent to an activating group) is 1. The van der Waals surface area contributed by atoms with Gasteiger partial charge < -0.3 is 10.2 Å². The summed E-state index contributed by atoms with van der Waals surface area (Å²) in [6, 6.07) is 5.21. The van der Waals surface area contributed by atoms with Crippen molar-refractivity contribution in [2.24, 2.45) is 0 Å². The third-order valence-electron chi connectivity index (χ3n) is 2.91. The van der Waals surface area contributed by atoms with Gasteiger partial charge in [0, 0.05) is 34.9 Å². The van der Waals surface area contributed by atoms with Gasteiger partial charge in [-0.3, -0.25) is 10.1 Å². The molecule has 1 aromatic carbocycles. The number of nitrogens with zero attached hydrogens (tertiary/aromatic N) is 2. The molecule has 0 radical (unpaired) electrons. The lowest BCUT2D eigenvalue weighted by Crippen LogP contribution is -2.23. The van der Waals surface area contributed by atoms with E-state index in [1.807, 2.05) is 0 Å². The van der Waals surface area contributed by atoms with Crippen molar-refractivity contribution in [3.8, 4) is 0 Å². The summed E-state index contributed by atoms with van der Waals surface area (Å²) in [7, 11) is 2.09. The average molecular weight is 300 g/mol. The summed E-state index contributed by atoms with van der Waals surface area (Å²) in [4.78, 5) is 12.5. The molecule has 6 heteroatoms. The molecule has 92 valence electrons. The third-order valence-corrected chi connectivity index (χ3v) is 3.57. The summed E-state index contributed by atoms with van der Waals surface area (Å²) in [6.45, 7) is 2.09. The monoisotopic (exact) mass is 299 g/mol. The van der Waals surface area contributed by atoms with Crippen LogP contribution in [-0.4, -0.2) is 36.0 Å².